The Morgan fingerprint density at radius 3 is 2.70 bits per heavy atom. The maximum atomic E-state index is 12.9. The lowest BCUT2D eigenvalue weighted by Gasteiger charge is -2.10. The Bertz CT molecular complexity index is 810. The number of nitrogens with one attached hydrogen (secondary N) is 1. The van der Waals surface area contributed by atoms with Crippen molar-refractivity contribution in [1.29, 1.82) is 5.26 Å². The Morgan fingerprint density at radius 2 is 2.13 bits per heavy atom. The fourth-order valence-corrected chi connectivity index (χ4v) is 2.32. The van der Waals surface area contributed by atoms with Crippen LogP contribution in [0.5, 0.6) is 0 Å². The molecule has 0 bridgehead atoms. The normalized spacial score (nSPS) is 18.1. The van der Waals surface area contributed by atoms with Gasteiger partial charge >= 0.3 is 0 Å². The summed E-state index contributed by atoms with van der Waals surface area (Å²) in [5, 5.41) is 11.3. The first-order chi connectivity index (χ1) is 10.9. The molecule has 0 aliphatic heterocycles. The van der Waals surface area contributed by atoms with Crippen molar-refractivity contribution in [1.82, 2.24) is 4.98 Å². The molecule has 2 aromatic rings. The van der Waals surface area contributed by atoms with Crippen molar-refractivity contribution >= 4 is 11.6 Å². The summed E-state index contributed by atoms with van der Waals surface area (Å²) in [6.07, 6.45) is 1.07. The number of carbonyl (C=O) groups excluding carboxylic acids is 1. The minimum atomic E-state index is -2.88. The zero-order valence-electron chi connectivity index (χ0n) is 12.3. The first-order valence-corrected chi connectivity index (χ1v) is 7.06. The number of aryl methyl sites for hydroxylation is 1. The van der Waals surface area contributed by atoms with Gasteiger partial charge in [-0.25, -0.2) is 8.78 Å². The summed E-state index contributed by atoms with van der Waals surface area (Å²) in [7, 11) is 0. The molecule has 1 N–H and O–H groups in total. The van der Waals surface area contributed by atoms with Gasteiger partial charge in [0.2, 0.25) is 5.91 Å². The van der Waals surface area contributed by atoms with Crippen molar-refractivity contribution in [2.24, 2.45) is 5.92 Å². The molecule has 1 amide bonds. The van der Waals surface area contributed by atoms with Crippen LogP contribution in [-0.2, 0) is 4.79 Å². The predicted octanol–water partition coefficient (Wildman–Crippen LogP) is 3.52. The molecule has 6 heteroatoms. The summed E-state index contributed by atoms with van der Waals surface area (Å²) in [4.78, 5) is 16.0. The van der Waals surface area contributed by atoms with E-state index in [0.717, 1.165) is 11.1 Å². The second-order valence-electron chi connectivity index (χ2n) is 5.58. The van der Waals surface area contributed by atoms with E-state index in [1.165, 1.54) is 6.20 Å². The first kappa shape index (κ1) is 15.1. The van der Waals surface area contributed by atoms with Gasteiger partial charge in [0, 0.05) is 23.9 Å². The Kier molecular flexibility index (Phi) is 3.57. The van der Waals surface area contributed by atoms with Gasteiger partial charge in [-0.05, 0) is 36.8 Å². The molecule has 1 fully saturated rings. The smallest absolute Gasteiger partial charge is 0.260 e. The van der Waals surface area contributed by atoms with Crippen molar-refractivity contribution < 1.29 is 13.6 Å². The average Bonchev–Trinajstić information content (AvgIpc) is 3.18. The summed E-state index contributed by atoms with van der Waals surface area (Å²) in [6, 6.07) is 10.5. The lowest BCUT2D eigenvalue weighted by Crippen LogP contribution is -2.17. The summed E-state index contributed by atoms with van der Waals surface area (Å²) in [5.74, 6) is -4.79. The van der Waals surface area contributed by atoms with Gasteiger partial charge in [0.05, 0.1) is 11.3 Å². The van der Waals surface area contributed by atoms with Crippen molar-refractivity contribution in [3.8, 4) is 17.3 Å². The molecule has 1 heterocycles. The van der Waals surface area contributed by atoms with Crippen LogP contribution >= 0.6 is 0 Å². The molecule has 23 heavy (non-hydrogen) atoms. The highest BCUT2D eigenvalue weighted by Crippen LogP contribution is 2.49. The van der Waals surface area contributed by atoms with Crippen LogP contribution in [0.3, 0.4) is 0 Å². The van der Waals surface area contributed by atoms with E-state index in [0.29, 0.717) is 16.9 Å². The number of anilines is 1. The van der Waals surface area contributed by atoms with Crippen LogP contribution in [0, 0.1) is 24.2 Å². The van der Waals surface area contributed by atoms with Crippen LogP contribution in [0.1, 0.15) is 17.5 Å². The van der Waals surface area contributed by atoms with Crippen LogP contribution in [0.15, 0.2) is 36.5 Å². The van der Waals surface area contributed by atoms with E-state index in [1.54, 1.807) is 30.3 Å². The van der Waals surface area contributed by atoms with E-state index in [9.17, 15) is 13.6 Å². The molecule has 1 aromatic carbocycles. The zero-order valence-corrected chi connectivity index (χ0v) is 12.3. The van der Waals surface area contributed by atoms with E-state index in [1.807, 2.05) is 13.0 Å². The van der Waals surface area contributed by atoms with Gasteiger partial charge in [0.25, 0.3) is 5.92 Å². The van der Waals surface area contributed by atoms with Crippen molar-refractivity contribution in [3.63, 3.8) is 0 Å². The molecule has 4 nitrogen and oxygen atoms in total. The minimum Gasteiger partial charge on any atom is -0.326 e. The Balaban J connectivity index is 1.84. The van der Waals surface area contributed by atoms with E-state index in [2.05, 4.69) is 10.3 Å². The number of aromatic nitrogens is 1. The number of nitrogens with zero attached hydrogens (tertiary/aromatic N) is 2. The topological polar surface area (TPSA) is 65.8 Å². The molecule has 3 rings (SSSR count). The molecule has 0 unspecified atom stereocenters. The highest BCUT2D eigenvalue weighted by Gasteiger charge is 2.61. The number of pyridine rings is 1. The van der Waals surface area contributed by atoms with E-state index < -0.39 is 24.2 Å². The molecule has 1 atom stereocenters. The number of nitriles is 1. The third kappa shape index (κ3) is 3.04. The third-order valence-electron chi connectivity index (χ3n) is 3.82. The maximum Gasteiger partial charge on any atom is 0.260 e. The largest absolute Gasteiger partial charge is 0.326 e. The maximum absolute atomic E-state index is 12.9. The van der Waals surface area contributed by atoms with Crippen LogP contribution in [-0.4, -0.2) is 16.8 Å². The fraction of sp³-hybridized carbons (Fsp3) is 0.235. The monoisotopic (exact) mass is 313 g/mol. The highest BCUT2D eigenvalue weighted by atomic mass is 19.3. The highest BCUT2D eigenvalue weighted by molar-refractivity contribution is 5.95. The second-order valence-corrected chi connectivity index (χ2v) is 5.58. The molecule has 1 saturated carbocycles. The van der Waals surface area contributed by atoms with Gasteiger partial charge < -0.3 is 5.32 Å². The van der Waals surface area contributed by atoms with E-state index in [-0.39, 0.29) is 0 Å². The molecular formula is C17H13F2N3O. The van der Waals surface area contributed by atoms with Crippen LogP contribution in [0.4, 0.5) is 14.5 Å². The molecular weight excluding hydrogens is 300 g/mol. The van der Waals surface area contributed by atoms with Gasteiger partial charge in [-0.1, -0.05) is 6.07 Å². The lowest BCUT2D eigenvalue weighted by atomic mass is 10.0. The number of benzene rings is 1. The SMILES string of the molecule is Cc1ccc(NC(=O)[C@H]2CC2(F)F)cc1-c1ccc(C#N)cn1. The molecule has 0 radical (unpaired) electrons. The van der Waals surface area contributed by atoms with Crippen LogP contribution in [0.2, 0.25) is 0 Å². The van der Waals surface area contributed by atoms with Gasteiger partial charge in [-0.15, -0.1) is 0 Å². The number of hydrogen-bond acceptors (Lipinski definition) is 3. The molecule has 0 spiro atoms. The summed E-state index contributed by atoms with van der Waals surface area (Å²) in [5.41, 5.74) is 3.25. The minimum absolute atomic E-state index is 0.394. The van der Waals surface area contributed by atoms with E-state index >= 15 is 0 Å². The van der Waals surface area contributed by atoms with Crippen molar-refractivity contribution in [3.05, 3.63) is 47.7 Å². The average molecular weight is 313 g/mol. The van der Waals surface area contributed by atoms with Crippen molar-refractivity contribution in [2.75, 3.05) is 5.32 Å². The van der Waals surface area contributed by atoms with Gasteiger partial charge in [-0.2, -0.15) is 5.26 Å². The summed E-state index contributed by atoms with van der Waals surface area (Å²) < 4.78 is 25.9. The lowest BCUT2D eigenvalue weighted by molar-refractivity contribution is -0.119. The number of rotatable bonds is 3. The zero-order chi connectivity index (χ0) is 16.6. The molecule has 1 aromatic heterocycles. The molecule has 1 aliphatic carbocycles. The standard InChI is InChI=1S/C17H13F2N3O/c1-10-2-4-12(22-16(23)14-7-17(14,18)19)6-13(10)15-5-3-11(8-20)9-21-15/h2-6,9,14H,7H2,1H3,(H,22,23)/t14-/m1/s1. The van der Waals surface area contributed by atoms with Crippen LogP contribution < -0.4 is 5.32 Å². The van der Waals surface area contributed by atoms with Gasteiger partial charge in [-0.3, -0.25) is 9.78 Å². The Labute approximate surface area is 131 Å². The van der Waals surface area contributed by atoms with Gasteiger partial charge in [0.15, 0.2) is 0 Å². The molecule has 116 valence electrons. The second kappa shape index (κ2) is 5.43. The predicted molar refractivity (Wildman–Crippen MR) is 80.8 cm³/mol. The Morgan fingerprint density at radius 1 is 1.39 bits per heavy atom. The fourth-order valence-electron chi connectivity index (χ4n) is 2.32. The first-order valence-electron chi connectivity index (χ1n) is 7.06. The number of carbonyl (C=O) groups is 1. The van der Waals surface area contributed by atoms with Gasteiger partial charge in [0.1, 0.15) is 12.0 Å². The number of halogens is 2. The molecule has 0 saturated heterocycles. The summed E-state index contributed by atoms with van der Waals surface area (Å²) >= 11 is 0. The quantitative estimate of drug-likeness (QED) is 0.943. The summed E-state index contributed by atoms with van der Waals surface area (Å²) in [6.45, 7) is 1.88. The van der Waals surface area contributed by atoms with Crippen molar-refractivity contribution in [2.45, 2.75) is 19.3 Å². The van der Waals surface area contributed by atoms with E-state index in [4.69, 9.17) is 5.26 Å². The third-order valence-corrected chi connectivity index (χ3v) is 3.82. The number of hydrogen-bond donors (Lipinski definition) is 1. The molecule has 1 aliphatic rings. The Hall–Kier alpha value is -2.81. The van der Waals surface area contributed by atoms with Crippen LogP contribution in [0.25, 0.3) is 11.3 Å². The number of amides is 1. The number of alkyl halides is 2.